The molecule has 0 radical (unpaired) electrons. The van der Waals surface area contributed by atoms with Crippen LogP contribution in [0.3, 0.4) is 0 Å². The molecule has 0 bridgehead atoms. The summed E-state index contributed by atoms with van der Waals surface area (Å²) < 4.78 is 0. The van der Waals surface area contributed by atoms with Crippen molar-refractivity contribution in [2.45, 2.75) is 46.0 Å². The van der Waals surface area contributed by atoms with Crippen molar-refractivity contribution in [2.24, 2.45) is 0 Å². The molecule has 0 amide bonds. The van der Waals surface area contributed by atoms with E-state index in [-0.39, 0.29) is 0 Å². The van der Waals surface area contributed by atoms with Gasteiger partial charge >= 0.3 is 0 Å². The Morgan fingerprint density at radius 1 is 1.19 bits per heavy atom. The monoisotopic (exact) mass is 281 g/mol. The molecule has 110 valence electrons. The molecule has 1 aromatic carbocycles. The molecule has 21 heavy (non-hydrogen) atoms. The van der Waals surface area contributed by atoms with E-state index in [1.807, 2.05) is 0 Å². The van der Waals surface area contributed by atoms with Crippen molar-refractivity contribution < 1.29 is 0 Å². The van der Waals surface area contributed by atoms with Gasteiger partial charge in [-0.3, -0.25) is 0 Å². The topological polar surface area (TPSA) is 37.8 Å². The van der Waals surface area contributed by atoms with E-state index in [2.05, 4.69) is 55.3 Å². The Morgan fingerprint density at radius 2 is 2.00 bits per heavy atom. The second-order valence-corrected chi connectivity index (χ2v) is 5.93. The van der Waals surface area contributed by atoms with Gasteiger partial charge in [-0.1, -0.05) is 25.1 Å². The third-order valence-electron chi connectivity index (χ3n) is 4.13. The summed E-state index contributed by atoms with van der Waals surface area (Å²) in [6.07, 6.45) is 3.73. The lowest BCUT2D eigenvalue weighted by Crippen LogP contribution is -2.07. The van der Waals surface area contributed by atoms with E-state index in [0.717, 1.165) is 47.3 Å². The summed E-state index contributed by atoms with van der Waals surface area (Å²) in [7, 11) is 0. The smallest absolute Gasteiger partial charge is 0.161 e. The van der Waals surface area contributed by atoms with Gasteiger partial charge < -0.3 is 5.32 Å². The lowest BCUT2D eigenvalue weighted by atomic mass is 10.1. The summed E-state index contributed by atoms with van der Waals surface area (Å²) in [6.45, 7) is 7.25. The number of nitrogens with zero attached hydrogens (tertiary/aromatic N) is 2. The van der Waals surface area contributed by atoms with Crippen molar-refractivity contribution in [1.29, 1.82) is 0 Å². The maximum Gasteiger partial charge on any atom is 0.161 e. The number of hydrogen-bond donors (Lipinski definition) is 1. The van der Waals surface area contributed by atoms with E-state index in [4.69, 9.17) is 4.98 Å². The van der Waals surface area contributed by atoms with Crippen LogP contribution >= 0.6 is 0 Å². The number of hydrogen-bond acceptors (Lipinski definition) is 3. The van der Waals surface area contributed by atoms with Gasteiger partial charge in [0, 0.05) is 23.4 Å². The van der Waals surface area contributed by atoms with Gasteiger partial charge in [-0.2, -0.15) is 0 Å². The summed E-state index contributed by atoms with van der Waals surface area (Å²) in [6, 6.07) is 8.71. The van der Waals surface area contributed by atoms with E-state index in [9.17, 15) is 0 Å². The van der Waals surface area contributed by atoms with Gasteiger partial charge in [0.15, 0.2) is 5.82 Å². The molecule has 1 saturated carbocycles. The van der Waals surface area contributed by atoms with Crippen LogP contribution in [0.4, 0.5) is 5.82 Å². The largest absolute Gasteiger partial charge is 0.370 e. The molecule has 0 atom stereocenters. The molecule has 3 heteroatoms. The van der Waals surface area contributed by atoms with E-state index < -0.39 is 0 Å². The highest BCUT2D eigenvalue weighted by Crippen LogP contribution is 2.40. The Labute approximate surface area is 126 Å². The van der Waals surface area contributed by atoms with Crippen LogP contribution in [-0.2, 0) is 0 Å². The molecule has 0 unspecified atom stereocenters. The predicted molar refractivity (Wildman–Crippen MR) is 87.7 cm³/mol. The van der Waals surface area contributed by atoms with Gasteiger partial charge in [0.1, 0.15) is 5.82 Å². The normalized spacial score (nSPS) is 14.2. The van der Waals surface area contributed by atoms with Crippen LogP contribution in [0.5, 0.6) is 0 Å². The van der Waals surface area contributed by atoms with Crippen LogP contribution in [0.15, 0.2) is 24.3 Å². The van der Waals surface area contributed by atoms with Crippen LogP contribution in [-0.4, -0.2) is 16.5 Å². The Bertz CT molecular complexity index is 645. The molecule has 1 aromatic heterocycles. The summed E-state index contributed by atoms with van der Waals surface area (Å²) >= 11 is 0. The first-order valence-corrected chi connectivity index (χ1v) is 7.88. The molecule has 1 aliphatic carbocycles. The number of aryl methyl sites for hydroxylation is 1. The highest BCUT2D eigenvalue weighted by molar-refractivity contribution is 5.61. The van der Waals surface area contributed by atoms with Crippen LogP contribution in [0.2, 0.25) is 0 Å². The fourth-order valence-electron chi connectivity index (χ4n) is 2.52. The Kier molecular flexibility index (Phi) is 3.91. The lowest BCUT2D eigenvalue weighted by molar-refractivity contribution is 0.954. The minimum atomic E-state index is 0.759. The van der Waals surface area contributed by atoms with E-state index >= 15 is 0 Å². The Hall–Kier alpha value is -1.90. The summed E-state index contributed by atoms with van der Waals surface area (Å²) in [5.74, 6) is 2.56. The van der Waals surface area contributed by atoms with Crippen molar-refractivity contribution in [3.05, 3.63) is 41.1 Å². The molecular formula is C18H23N3. The Morgan fingerprint density at radius 3 is 2.71 bits per heavy atom. The molecule has 0 aliphatic heterocycles. The van der Waals surface area contributed by atoms with Crippen molar-refractivity contribution in [2.75, 3.05) is 11.9 Å². The number of nitrogens with one attached hydrogen (secondary N) is 1. The third-order valence-corrected chi connectivity index (χ3v) is 4.13. The van der Waals surface area contributed by atoms with Gasteiger partial charge in [-0.05, 0) is 50.7 Å². The molecule has 1 aliphatic rings. The van der Waals surface area contributed by atoms with Crippen LogP contribution < -0.4 is 5.32 Å². The Balaban J connectivity index is 1.97. The van der Waals surface area contributed by atoms with E-state index in [1.54, 1.807) is 0 Å². The summed E-state index contributed by atoms with van der Waals surface area (Å²) in [5, 5.41) is 3.41. The minimum Gasteiger partial charge on any atom is -0.370 e. The zero-order valence-electron chi connectivity index (χ0n) is 13.1. The molecule has 1 heterocycles. The summed E-state index contributed by atoms with van der Waals surface area (Å²) in [5.41, 5.74) is 4.75. The fraction of sp³-hybridized carbons (Fsp3) is 0.444. The molecule has 1 fully saturated rings. The van der Waals surface area contributed by atoms with Crippen molar-refractivity contribution in [3.8, 4) is 11.4 Å². The maximum absolute atomic E-state index is 4.74. The van der Waals surface area contributed by atoms with Gasteiger partial charge in [-0.25, -0.2) is 9.97 Å². The van der Waals surface area contributed by atoms with E-state index in [1.165, 1.54) is 18.4 Å². The van der Waals surface area contributed by atoms with Gasteiger partial charge in [0.05, 0.1) is 0 Å². The van der Waals surface area contributed by atoms with Crippen LogP contribution in [0.1, 0.15) is 48.9 Å². The minimum absolute atomic E-state index is 0.759. The molecule has 3 nitrogen and oxygen atoms in total. The second-order valence-electron chi connectivity index (χ2n) is 5.93. The standard InChI is InChI=1S/C18H23N3/c1-4-10-19-17-12(2)13(3)20-18(21-17)16-7-5-6-15(11-16)14-8-9-14/h5-7,11,14H,4,8-10H2,1-3H3,(H,19,20,21). The summed E-state index contributed by atoms with van der Waals surface area (Å²) in [4.78, 5) is 9.42. The van der Waals surface area contributed by atoms with Gasteiger partial charge in [-0.15, -0.1) is 0 Å². The second kappa shape index (κ2) is 5.84. The SMILES string of the molecule is CCCNc1nc(-c2cccc(C3CC3)c2)nc(C)c1C. The highest BCUT2D eigenvalue weighted by Gasteiger charge is 2.23. The number of benzene rings is 1. The lowest BCUT2D eigenvalue weighted by Gasteiger charge is -2.12. The van der Waals surface area contributed by atoms with E-state index in [0.29, 0.717) is 0 Å². The predicted octanol–water partition coefficient (Wildman–Crippen LogP) is 4.46. The molecule has 1 N–H and O–H groups in total. The first kappa shape index (κ1) is 14.1. The highest BCUT2D eigenvalue weighted by atomic mass is 15.0. The molecule has 0 saturated heterocycles. The van der Waals surface area contributed by atoms with Crippen molar-refractivity contribution in [3.63, 3.8) is 0 Å². The average Bonchev–Trinajstić information content (AvgIpc) is 3.33. The quantitative estimate of drug-likeness (QED) is 0.879. The first-order chi connectivity index (χ1) is 10.2. The molecule has 0 spiro atoms. The fourth-order valence-corrected chi connectivity index (χ4v) is 2.52. The average molecular weight is 281 g/mol. The zero-order valence-corrected chi connectivity index (χ0v) is 13.1. The van der Waals surface area contributed by atoms with Crippen LogP contribution in [0, 0.1) is 13.8 Å². The molecular weight excluding hydrogens is 258 g/mol. The number of aromatic nitrogens is 2. The number of rotatable bonds is 5. The van der Waals surface area contributed by atoms with Gasteiger partial charge in [0.25, 0.3) is 0 Å². The van der Waals surface area contributed by atoms with Crippen molar-refractivity contribution in [1.82, 2.24) is 9.97 Å². The van der Waals surface area contributed by atoms with Gasteiger partial charge in [0.2, 0.25) is 0 Å². The molecule has 2 aromatic rings. The zero-order chi connectivity index (χ0) is 14.8. The van der Waals surface area contributed by atoms with Crippen LogP contribution in [0.25, 0.3) is 11.4 Å². The molecule has 3 rings (SSSR count). The van der Waals surface area contributed by atoms with Crippen molar-refractivity contribution >= 4 is 5.82 Å². The number of anilines is 1. The maximum atomic E-state index is 4.74. The first-order valence-electron chi connectivity index (χ1n) is 7.88. The third kappa shape index (κ3) is 3.07.